The van der Waals surface area contributed by atoms with Crippen molar-refractivity contribution >= 4 is 17.8 Å². The van der Waals surface area contributed by atoms with E-state index in [2.05, 4.69) is 18.1 Å². The van der Waals surface area contributed by atoms with Crippen LogP contribution in [-0.4, -0.2) is 121 Å². The van der Waals surface area contributed by atoms with Gasteiger partial charge >= 0.3 is 5.97 Å². The first kappa shape index (κ1) is 26.8. The third-order valence-corrected chi connectivity index (χ3v) is 8.00. The molecule has 4 aliphatic heterocycles. The molecular weight excluding hydrogens is 466 g/mol. The lowest BCUT2D eigenvalue weighted by Crippen LogP contribution is -2.59. The van der Waals surface area contributed by atoms with E-state index in [4.69, 9.17) is 14.2 Å². The molecule has 4 aliphatic rings. The van der Waals surface area contributed by atoms with Crippen molar-refractivity contribution in [1.82, 2.24) is 14.7 Å². The molecule has 2 unspecified atom stereocenters. The minimum absolute atomic E-state index is 0.188. The number of hydrogen-bond donors (Lipinski definition) is 1. The summed E-state index contributed by atoms with van der Waals surface area (Å²) < 4.78 is 17.3. The van der Waals surface area contributed by atoms with Crippen molar-refractivity contribution in [2.24, 2.45) is 11.8 Å². The summed E-state index contributed by atoms with van der Waals surface area (Å²) in [5.74, 6) is -2.60. The van der Waals surface area contributed by atoms with Crippen LogP contribution in [0.3, 0.4) is 0 Å². The summed E-state index contributed by atoms with van der Waals surface area (Å²) in [4.78, 5) is 46.4. The number of carbonyl (C=O) groups is 3. The van der Waals surface area contributed by atoms with Crippen molar-refractivity contribution in [2.45, 2.75) is 50.0 Å². The summed E-state index contributed by atoms with van der Waals surface area (Å²) in [5, 5.41) is 9.98. The van der Waals surface area contributed by atoms with Gasteiger partial charge in [0.05, 0.1) is 50.4 Å². The summed E-state index contributed by atoms with van der Waals surface area (Å²) in [6.07, 6.45) is 4.47. The molecule has 10 heteroatoms. The molecule has 2 amide bonds. The molecule has 10 nitrogen and oxygen atoms in total. The maximum atomic E-state index is 14.1. The molecule has 1 N–H and O–H groups in total. The Morgan fingerprint density at radius 1 is 1.31 bits per heavy atom. The molecule has 0 aromatic rings. The molecule has 4 heterocycles. The van der Waals surface area contributed by atoms with Crippen LogP contribution < -0.4 is 0 Å². The number of nitrogens with zero attached hydrogens (tertiary/aromatic N) is 3. The number of ether oxygens (including phenoxy) is 3. The van der Waals surface area contributed by atoms with Crippen LogP contribution >= 0.6 is 0 Å². The molecule has 1 spiro atoms. The van der Waals surface area contributed by atoms with E-state index in [9.17, 15) is 19.5 Å². The lowest BCUT2D eigenvalue weighted by Gasteiger charge is -2.39. The predicted octanol–water partition coefficient (Wildman–Crippen LogP) is 0.208. The van der Waals surface area contributed by atoms with Crippen molar-refractivity contribution in [2.75, 3.05) is 59.2 Å². The number of fused-ring (bicyclic) bond motifs is 1. The Hall–Kier alpha value is -2.27. The van der Waals surface area contributed by atoms with Gasteiger partial charge < -0.3 is 29.1 Å². The third kappa shape index (κ3) is 4.71. The van der Waals surface area contributed by atoms with Gasteiger partial charge in [0.2, 0.25) is 11.8 Å². The van der Waals surface area contributed by atoms with Crippen molar-refractivity contribution in [3.63, 3.8) is 0 Å². The number of carbonyl (C=O) groups excluding carboxylic acids is 3. The number of rotatable bonds is 12. The lowest BCUT2D eigenvalue weighted by molar-refractivity contribution is -0.156. The second-order valence-corrected chi connectivity index (χ2v) is 10.1. The maximum absolute atomic E-state index is 14.1. The number of likely N-dealkylation sites (tertiary alicyclic amines) is 1. The van der Waals surface area contributed by atoms with Gasteiger partial charge in [-0.3, -0.25) is 19.3 Å². The standard InChI is InChI=1S/C26H39N3O7/c1-4-6-14-35-25(33)20-19-7-8-26(36-19)21(20)23(31)29(18(3)17-30)22(26)24(32)28(9-5-2)11-10-27-12-15-34-16-13-27/h4-5,18-22,30H,1-2,6-17H2,3H3/t18-,19-,20+,21+,22?,26?/m1/s1. The van der Waals surface area contributed by atoms with E-state index in [-0.39, 0.29) is 25.0 Å². The number of morpholine rings is 1. The first-order chi connectivity index (χ1) is 17.4. The van der Waals surface area contributed by atoms with E-state index < -0.39 is 41.6 Å². The molecule has 6 atom stereocenters. The number of hydrogen-bond acceptors (Lipinski definition) is 8. The lowest BCUT2D eigenvalue weighted by atomic mass is 9.70. The number of amides is 2. The molecule has 0 aliphatic carbocycles. The van der Waals surface area contributed by atoms with Crippen LogP contribution in [0.25, 0.3) is 0 Å². The molecular formula is C26H39N3O7. The highest BCUT2D eigenvalue weighted by atomic mass is 16.6. The van der Waals surface area contributed by atoms with Gasteiger partial charge in [-0.2, -0.15) is 0 Å². The quantitative estimate of drug-likeness (QED) is 0.228. The monoisotopic (exact) mass is 505 g/mol. The van der Waals surface area contributed by atoms with Gasteiger partial charge in [-0.25, -0.2) is 0 Å². The predicted molar refractivity (Wildman–Crippen MR) is 131 cm³/mol. The second-order valence-electron chi connectivity index (χ2n) is 10.1. The minimum atomic E-state index is -1.11. The fourth-order valence-corrected chi connectivity index (χ4v) is 6.25. The molecule has 0 radical (unpaired) electrons. The van der Waals surface area contributed by atoms with Gasteiger partial charge in [0.15, 0.2) is 0 Å². The molecule has 200 valence electrons. The summed E-state index contributed by atoms with van der Waals surface area (Å²) in [6.45, 7) is 13.5. The minimum Gasteiger partial charge on any atom is -0.465 e. The summed E-state index contributed by atoms with van der Waals surface area (Å²) in [6, 6.07) is -1.52. The highest BCUT2D eigenvalue weighted by Crippen LogP contribution is 2.59. The Morgan fingerprint density at radius 3 is 2.72 bits per heavy atom. The van der Waals surface area contributed by atoms with E-state index >= 15 is 0 Å². The fourth-order valence-electron chi connectivity index (χ4n) is 6.25. The Kier molecular flexibility index (Phi) is 8.49. The van der Waals surface area contributed by atoms with Crippen LogP contribution in [-0.2, 0) is 28.6 Å². The van der Waals surface area contributed by atoms with Crippen LogP contribution in [0.2, 0.25) is 0 Å². The van der Waals surface area contributed by atoms with Crippen LogP contribution in [0, 0.1) is 11.8 Å². The van der Waals surface area contributed by atoms with E-state index in [0.717, 1.165) is 13.1 Å². The molecule has 0 aromatic carbocycles. The van der Waals surface area contributed by atoms with E-state index in [1.165, 1.54) is 4.90 Å². The van der Waals surface area contributed by atoms with Gasteiger partial charge in [-0.1, -0.05) is 12.2 Å². The number of esters is 1. The smallest absolute Gasteiger partial charge is 0.312 e. The van der Waals surface area contributed by atoms with E-state index in [1.54, 1.807) is 24.0 Å². The van der Waals surface area contributed by atoms with E-state index in [1.807, 2.05) is 0 Å². The van der Waals surface area contributed by atoms with Gasteiger partial charge in [-0.05, 0) is 26.2 Å². The van der Waals surface area contributed by atoms with Crippen LogP contribution in [0.4, 0.5) is 0 Å². The Morgan fingerprint density at radius 2 is 2.06 bits per heavy atom. The van der Waals surface area contributed by atoms with Crippen molar-refractivity contribution < 1.29 is 33.7 Å². The molecule has 4 rings (SSSR count). The average Bonchev–Trinajstić information content (AvgIpc) is 3.53. The topological polar surface area (TPSA) is 109 Å². The first-order valence-electron chi connectivity index (χ1n) is 13.0. The molecule has 0 aromatic heterocycles. The highest BCUT2D eigenvalue weighted by Gasteiger charge is 2.75. The summed E-state index contributed by atoms with van der Waals surface area (Å²) in [5.41, 5.74) is -1.11. The van der Waals surface area contributed by atoms with Crippen LogP contribution in [0.15, 0.2) is 25.3 Å². The number of aliphatic hydroxyl groups excluding tert-OH is 1. The SMILES string of the molecule is C=CCCOC(=O)[C@@H]1[C@H]2C(=O)N([C@H](C)CO)C(C(=O)N(CC=C)CCN3CCOCC3)C23CC[C@H]1O3. The zero-order chi connectivity index (χ0) is 25.9. The Balaban J connectivity index is 1.60. The highest BCUT2D eigenvalue weighted by molar-refractivity contribution is 5.98. The van der Waals surface area contributed by atoms with Crippen LogP contribution in [0.5, 0.6) is 0 Å². The molecule has 2 bridgehead atoms. The zero-order valence-electron chi connectivity index (χ0n) is 21.2. The number of aliphatic hydroxyl groups is 1. The second kappa shape index (κ2) is 11.4. The maximum Gasteiger partial charge on any atom is 0.312 e. The third-order valence-electron chi connectivity index (χ3n) is 8.00. The van der Waals surface area contributed by atoms with Crippen molar-refractivity contribution in [3.05, 3.63) is 25.3 Å². The molecule has 36 heavy (non-hydrogen) atoms. The summed E-state index contributed by atoms with van der Waals surface area (Å²) in [7, 11) is 0. The van der Waals surface area contributed by atoms with Crippen LogP contribution in [0.1, 0.15) is 26.2 Å². The fraction of sp³-hybridized carbons (Fsp3) is 0.731. The van der Waals surface area contributed by atoms with E-state index in [0.29, 0.717) is 52.1 Å². The normalized spacial score (nSPS) is 32.3. The molecule has 4 saturated heterocycles. The van der Waals surface area contributed by atoms with Crippen molar-refractivity contribution in [3.8, 4) is 0 Å². The Labute approximate surface area is 212 Å². The largest absolute Gasteiger partial charge is 0.465 e. The van der Waals surface area contributed by atoms with Gasteiger partial charge in [0.25, 0.3) is 0 Å². The Bertz CT molecular complexity index is 860. The average molecular weight is 506 g/mol. The molecule has 0 saturated carbocycles. The first-order valence-corrected chi connectivity index (χ1v) is 13.0. The van der Waals surface area contributed by atoms with Gasteiger partial charge in [0.1, 0.15) is 11.6 Å². The molecule has 4 fully saturated rings. The summed E-state index contributed by atoms with van der Waals surface area (Å²) >= 11 is 0. The van der Waals surface area contributed by atoms with Crippen molar-refractivity contribution in [1.29, 1.82) is 0 Å². The van der Waals surface area contributed by atoms with Gasteiger partial charge in [0, 0.05) is 32.7 Å². The zero-order valence-corrected chi connectivity index (χ0v) is 21.2. The van der Waals surface area contributed by atoms with Gasteiger partial charge in [-0.15, -0.1) is 13.2 Å².